The van der Waals surface area contributed by atoms with E-state index in [-0.39, 0.29) is 127 Å². The van der Waals surface area contributed by atoms with Crippen LogP contribution in [0.25, 0.3) is 22.2 Å². The SMILES string of the molecule is CCn1nc(C)cc1C(=O)Nc1nc2cc(C(N)=O)cc(OC)c2n1C/C=C/CN1c2c(cc(C(N)=O)cc2OCCCNC(=O)CCNC(=O)OCCSSCCOCc2cn(CCOCCNC(=O)CCCN3CCC4=C(C=C(C(=O)Nc5cccc(-c6cccc(NC(=O)c7nc8c(n7C)CCN(CCCC(=O)O)C8)c6Cl)c5Cl)C4C)C3)nn2)NC1NC(=O)c1cc(C)nn1CC. The van der Waals surface area contributed by atoms with Gasteiger partial charge in [0.05, 0.1) is 103 Å². The predicted octanol–water partition coefficient (Wildman–Crippen LogP) is 9.25. The van der Waals surface area contributed by atoms with Gasteiger partial charge in [-0.1, -0.05) is 98.9 Å². The highest BCUT2D eigenvalue weighted by Gasteiger charge is 2.37. The number of carbonyl (C=O) groups is 10. The van der Waals surface area contributed by atoms with Crippen molar-refractivity contribution in [1.29, 1.82) is 0 Å². The molecule has 8 heterocycles. The van der Waals surface area contributed by atoms with Gasteiger partial charge in [-0.2, -0.15) is 10.2 Å². The van der Waals surface area contributed by atoms with Crippen LogP contribution in [0.2, 0.25) is 10.0 Å². The Bertz CT molecular complexity index is 5980. The minimum atomic E-state index is -0.915. The number of rotatable bonds is 49. The Morgan fingerprint density at radius 3 is 2.02 bits per heavy atom. The van der Waals surface area contributed by atoms with Crippen molar-refractivity contribution in [2.45, 2.75) is 132 Å². The number of hydrogen-bond donors (Lipinski definition) is 11. The first-order chi connectivity index (χ1) is 65.1. The van der Waals surface area contributed by atoms with Gasteiger partial charge in [-0.15, -0.1) is 5.10 Å². The summed E-state index contributed by atoms with van der Waals surface area (Å²) in [5.74, 6) is -2.29. The van der Waals surface area contributed by atoms with Crippen molar-refractivity contribution < 1.29 is 76.7 Å². The molecule has 0 saturated carbocycles. The first kappa shape index (κ1) is 99.6. The minimum Gasteiger partial charge on any atom is -0.494 e. The molecule has 718 valence electrons. The molecule has 0 fully saturated rings. The van der Waals surface area contributed by atoms with Crippen molar-refractivity contribution in [3.8, 4) is 22.6 Å². The zero-order chi connectivity index (χ0) is 95.9. The number of aliphatic carboxylic acids is 1. The number of carboxylic acid groups (broad SMARTS) is 1. The monoisotopic (exact) mass is 1930 g/mol. The third-order valence-electron chi connectivity index (χ3n) is 23.0. The van der Waals surface area contributed by atoms with Crippen LogP contribution >= 0.6 is 44.8 Å². The van der Waals surface area contributed by atoms with Crippen LogP contribution < -0.4 is 68.4 Å². The molecule has 3 aliphatic heterocycles. The van der Waals surface area contributed by atoms with E-state index in [4.69, 9.17) is 68.4 Å². The largest absolute Gasteiger partial charge is 0.494 e. The lowest BCUT2D eigenvalue weighted by Gasteiger charge is -2.29. The maximum atomic E-state index is 14.1. The molecule has 0 saturated heterocycles. The Morgan fingerprint density at radius 2 is 1.32 bits per heavy atom. The van der Waals surface area contributed by atoms with Crippen LogP contribution in [0.3, 0.4) is 0 Å². The molecule has 2 atom stereocenters. The van der Waals surface area contributed by atoms with Gasteiger partial charge in [-0.05, 0) is 127 Å². The molecule has 0 bridgehead atoms. The number of aryl methyl sites for hydroxylation is 4. The Hall–Kier alpha value is -12.8. The Morgan fingerprint density at radius 1 is 0.667 bits per heavy atom. The summed E-state index contributed by atoms with van der Waals surface area (Å²) in [4.78, 5) is 146. The summed E-state index contributed by atoms with van der Waals surface area (Å²) >= 11 is 14.1. The van der Waals surface area contributed by atoms with Crippen molar-refractivity contribution in [2.24, 2.45) is 24.4 Å². The number of imidazole rings is 2. The van der Waals surface area contributed by atoms with Gasteiger partial charge < -0.3 is 91.5 Å². The highest BCUT2D eigenvalue weighted by molar-refractivity contribution is 8.76. The Kier molecular flexibility index (Phi) is 35.0. The van der Waals surface area contributed by atoms with E-state index in [1.54, 1.807) is 116 Å². The summed E-state index contributed by atoms with van der Waals surface area (Å²) in [5.41, 5.74) is 22.7. The lowest BCUT2D eigenvalue weighted by molar-refractivity contribution is -0.137. The van der Waals surface area contributed by atoms with E-state index >= 15 is 0 Å². The van der Waals surface area contributed by atoms with E-state index in [1.165, 1.54) is 41.7 Å². The first-order valence-corrected chi connectivity index (χ1v) is 47.8. The van der Waals surface area contributed by atoms with Crippen molar-refractivity contribution in [3.05, 3.63) is 181 Å². The lowest BCUT2D eigenvalue weighted by atomic mass is 9.92. The topological polar surface area (TPSA) is 497 Å². The van der Waals surface area contributed by atoms with E-state index in [2.05, 4.69) is 77.8 Å². The number of carbonyl (C=O) groups excluding carboxylic acids is 9. The third-order valence-corrected chi connectivity index (χ3v) is 26.2. The second kappa shape index (κ2) is 47.4. The summed E-state index contributed by atoms with van der Waals surface area (Å²) in [5, 5.41) is 50.5. The molecule has 9 aromatic rings. The normalized spacial score (nSPS) is 14.7. The Labute approximate surface area is 796 Å². The van der Waals surface area contributed by atoms with Gasteiger partial charge >= 0.3 is 12.1 Å². The van der Waals surface area contributed by atoms with Gasteiger partial charge in [0.1, 0.15) is 46.4 Å². The number of halogens is 2. The van der Waals surface area contributed by atoms with Crippen LogP contribution in [0, 0.1) is 19.8 Å². The fourth-order valence-corrected chi connectivity index (χ4v) is 18.6. The maximum absolute atomic E-state index is 14.1. The van der Waals surface area contributed by atoms with Crippen LogP contribution in [0.15, 0.2) is 114 Å². The highest BCUT2D eigenvalue weighted by atomic mass is 35.5. The van der Waals surface area contributed by atoms with Crippen LogP contribution in [0.1, 0.15) is 146 Å². The van der Waals surface area contributed by atoms with E-state index in [1.807, 2.05) is 43.9 Å². The number of aromatic nitrogens is 11. The molecule has 4 aromatic carbocycles. The molecule has 13 rings (SSSR count). The third kappa shape index (κ3) is 25.8. The molecular weight excluding hydrogens is 1820 g/mol. The number of methoxy groups -OCH3 is 1. The van der Waals surface area contributed by atoms with Gasteiger partial charge in [0.25, 0.3) is 23.6 Å². The van der Waals surface area contributed by atoms with Crippen LogP contribution in [0.5, 0.6) is 11.5 Å². The number of primary amides is 2. The molecule has 13 N–H and O–H groups in total. The molecule has 5 aromatic heterocycles. The average Bonchev–Trinajstić information content (AvgIpc) is 1.61. The van der Waals surface area contributed by atoms with Gasteiger partial charge in [-0.3, -0.25) is 67.6 Å². The number of alkyl carbamates (subject to hydrolysis) is 1. The molecule has 0 spiro atoms. The number of hydrogen-bond acceptors (Lipinski definition) is 27. The number of fused-ring (bicyclic) bond motifs is 3. The molecule has 40 nitrogen and oxygen atoms in total. The molecule has 44 heteroatoms. The first-order valence-electron chi connectivity index (χ1n) is 44.6. The van der Waals surface area contributed by atoms with Crippen molar-refractivity contribution in [1.82, 2.24) is 84.7 Å². The van der Waals surface area contributed by atoms with Crippen LogP contribution in [-0.2, 0) is 86.2 Å². The molecule has 2 unspecified atom stereocenters. The maximum Gasteiger partial charge on any atom is 0.407 e. The van der Waals surface area contributed by atoms with E-state index in [0.29, 0.717) is 195 Å². The predicted molar refractivity (Wildman–Crippen MR) is 512 cm³/mol. The summed E-state index contributed by atoms with van der Waals surface area (Å²) in [6.07, 6.45) is 9.25. The zero-order valence-electron chi connectivity index (χ0n) is 76.2. The van der Waals surface area contributed by atoms with Crippen molar-refractivity contribution in [2.75, 3.05) is 137 Å². The number of carboxylic acids is 1. The lowest BCUT2D eigenvalue weighted by Crippen LogP contribution is -2.50. The number of amides is 9. The van der Waals surface area contributed by atoms with Gasteiger partial charge in [-0.25, -0.2) is 19.4 Å². The molecular formula is C91H112Cl2N24O16S2. The van der Waals surface area contributed by atoms with Crippen LogP contribution in [0.4, 0.5) is 33.5 Å². The number of ether oxygens (including phenoxy) is 5. The quantitative estimate of drug-likeness (QED) is 0.00960. The van der Waals surface area contributed by atoms with Crippen molar-refractivity contribution in [3.63, 3.8) is 0 Å². The van der Waals surface area contributed by atoms with E-state index < -0.39 is 47.9 Å². The number of allylic oxidation sites excluding steroid dienone is 1. The Balaban J connectivity index is 0.466. The molecule has 4 aliphatic rings. The zero-order valence-corrected chi connectivity index (χ0v) is 79.3. The number of benzene rings is 4. The number of nitrogens with one attached hydrogen (secondary N) is 8. The summed E-state index contributed by atoms with van der Waals surface area (Å²) in [7, 11) is 6.33. The summed E-state index contributed by atoms with van der Waals surface area (Å²) < 4.78 is 37.4. The minimum absolute atomic E-state index is 0.0213. The standard InChI is InChI=1S/C91H112Cl2N24O16S2/c1-8-116-71(43-54(3)107-116)86(125)104-89-102-67-46-57(82(94)122)48-73(129-7)80(67)114(89)31-10-11-32-115-81-68(103-90(115)105-87(126)72-44-55(4)108-117(72)9-2)47-58(83(95)123)49-74(81)132-36-16-26-96-76(119)23-27-98-91(128)133-40-42-135-134-41-39-131-53-60-51-113(109-106-60)35-38-130-37-28-97-75(118)21-14-29-111-33-24-61-56(5)64(45-59(61)50-111)85(124)100-65-19-12-17-62(78(65)92)63-18-13-20-66(79(63)93)101-88(127)84-99-69-52-112(30-15-22-77(120)121)34-25-70(69)110(84)6/h10-13,17-20,43-49,51,56,90,103H,8-9,14-16,21-42,50,52-53H2,1-7H3,(H2,94,122)(H2,95,123)(H,96,119)(H,97,118)(H,98,128)(H,100,124)(H,101,127)(H,105,126)(H,120,121)(H,102,104,125)/b11-10+. The fraction of sp³-hybridized carbons (Fsp3) is 0.429. The number of anilines is 5. The highest BCUT2D eigenvalue weighted by Crippen LogP contribution is 2.45. The smallest absolute Gasteiger partial charge is 0.407 e. The average molecular weight is 1930 g/mol. The molecule has 9 amide bonds. The van der Waals surface area contributed by atoms with E-state index in [0.717, 1.165) is 36.5 Å². The summed E-state index contributed by atoms with van der Waals surface area (Å²) in [6, 6.07) is 20.0. The fourth-order valence-electron chi connectivity index (χ4n) is 16.4. The summed E-state index contributed by atoms with van der Waals surface area (Å²) in [6.45, 7) is 17.2. The van der Waals surface area contributed by atoms with Crippen molar-refractivity contribution >= 4 is 144 Å². The molecule has 0 radical (unpaired) electrons. The number of nitrogens with two attached hydrogens (primary N) is 2. The second-order valence-electron chi connectivity index (χ2n) is 32.4. The van der Waals surface area contributed by atoms with Gasteiger partial charge in [0.15, 0.2) is 12.1 Å². The van der Waals surface area contributed by atoms with Gasteiger partial charge in [0.2, 0.25) is 29.6 Å². The van der Waals surface area contributed by atoms with Crippen LogP contribution in [-0.4, -0.2) is 245 Å². The van der Waals surface area contributed by atoms with Gasteiger partial charge in [0, 0.05) is 156 Å². The van der Waals surface area contributed by atoms with E-state index in [9.17, 15) is 47.9 Å². The molecule has 135 heavy (non-hydrogen) atoms. The molecule has 1 aliphatic carbocycles. The second-order valence-corrected chi connectivity index (χ2v) is 35.9. The number of nitrogens with zero attached hydrogens (tertiary/aromatic N) is 14.